The van der Waals surface area contributed by atoms with Gasteiger partial charge in [-0.1, -0.05) is 6.92 Å². The maximum Gasteiger partial charge on any atom is 0.0596 e. The van der Waals surface area contributed by atoms with Gasteiger partial charge in [0.25, 0.3) is 0 Å². The van der Waals surface area contributed by atoms with Crippen LogP contribution in [0.1, 0.15) is 31.2 Å². The standard InChI is InChI=1S/C13H21BrN2S2/c1-3-11(15)13(12-6-10(14)8-18-12)16-4-5-17-7-9(16)2/h6,8-9,11,13H,3-5,7,15H2,1-2H3. The van der Waals surface area contributed by atoms with Gasteiger partial charge in [0.15, 0.2) is 0 Å². The Hall–Kier alpha value is 0.450. The first-order valence-electron chi connectivity index (χ1n) is 6.46. The molecule has 0 aromatic carbocycles. The Morgan fingerprint density at radius 1 is 1.61 bits per heavy atom. The number of thioether (sulfide) groups is 1. The summed E-state index contributed by atoms with van der Waals surface area (Å²) in [6.45, 7) is 5.66. The van der Waals surface area contributed by atoms with E-state index >= 15 is 0 Å². The highest BCUT2D eigenvalue weighted by Crippen LogP contribution is 2.35. The molecule has 2 rings (SSSR count). The van der Waals surface area contributed by atoms with E-state index in [9.17, 15) is 0 Å². The lowest BCUT2D eigenvalue weighted by molar-refractivity contribution is 0.140. The normalized spacial score (nSPS) is 25.0. The number of halogens is 1. The summed E-state index contributed by atoms with van der Waals surface area (Å²) in [5, 5.41) is 2.16. The lowest BCUT2D eigenvalue weighted by atomic mass is 10.0. The monoisotopic (exact) mass is 348 g/mol. The van der Waals surface area contributed by atoms with Crippen molar-refractivity contribution in [3.05, 3.63) is 20.8 Å². The van der Waals surface area contributed by atoms with Gasteiger partial charge in [0.05, 0.1) is 6.04 Å². The van der Waals surface area contributed by atoms with E-state index in [0.717, 1.165) is 13.0 Å². The molecule has 3 unspecified atom stereocenters. The highest BCUT2D eigenvalue weighted by molar-refractivity contribution is 9.10. The Kier molecular flexibility index (Phi) is 5.57. The first-order chi connectivity index (χ1) is 8.63. The van der Waals surface area contributed by atoms with E-state index in [2.05, 4.69) is 57.9 Å². The molecule has 1 aliphatic rings. The average molecular weight is 349 g/mol. The van der Waals surface area contributed by atoms with Crippen molar-refractivity contribution >= 4 is 39.0 Å². The molecule has 1 saturated heterocycles. The summed E-state index contributed by atoms with van der Waals surface area (Å²) in [6, 6.07) is 3.45. The molecule has 0 spiro atoms. The van der Waals surface area contributed by atoms with Crippen LogP contribution in [0.15, 0.2) is 15.9 Å². The summed E-state index contributed by atoms with van der Waals surface area (Å²) in [7, 11) is 0. The van der Waals surface area contributed by atoms with Crippen molar-refractivity contribution in [1.29, 1.82) is 0 Å². The van der Waals surface area contributed by atoms with Crippen LogP contribution in [0.3, 0.4) is 0 Å². The number of rotatable bonds is 4. The maximum absolute atomic E-state index is 6.39. The molecule has 0 radical (unpaired) electrons. The fourth-order valence-electron chi connectivity index (χ4n) is 2.48. The first-order valence-corrected chi connectivity index (χ1v) is 9.29. The van der Waals surface area contributed by atoms with Crippen LogP contribution in [0.25, 0.3) is 0 Å². The smallest absolute Gasteiger partial charge is 0.0596 e. The third-order valence-corrected chi connectivity index (χ3v) is 6.49. The molecule has 1 aromatic rings. The van der Waals surface area contributed by atoms with E-state index in [1.54, 1.807) is 0 Å². The molecular weight excluding hydrogens is 328 g/mol. The fourth-order valence-corrected chi connectivity index (χ4v) is 5.16. The molecule has 102 valence electrons. The Bertz CT molecular complexity index is 383. The molecule has 1 aliphatic heterocycles. The van der Waals surface area contributed by atoms with Crippen LogP contribution < -0.4 is 5.73 Å². The van der Waals surface area contributed by atoms with Gasteiger partial charge >= 0.3 is 0 Å². The fraction of sp³-hybridized carbons (Fsp3) is 0.692. The third-order valence-electron chi connectivity index (χ3n) is 3.53. The van der Waals surface area contributed by atoms with E-state index in [1.807, 2.05) is 11.3 Å². The van der Waals surface area contributed by atoms with E-state index < -0.39 is 0 Å². The molecule has 2 heterocycles. The summed E-state index contributed by atoms with van der Waals surface area (Å²) in [4.78, 5) is 4.00. The molecule has 5 heteroatoms. The van der Waals surface area contributed by atoms with Gasteiger partial charge in [-0.05, 0) is 35.3 Å². The molecule has 2 N–H and O–H groups in total. The van der Waals surface area contributed by atoms with Gasteiger partial charge in [0.1, 0.15) is 0 Å². The Balaban J connectivity index is 2.24. The zero-order chi connectivity index (χ0) is 13.1. The molecule has 18 heavy (non-hydrogen) atoms. The predicted molar refractivity (Wildman–Crippen MR) is 86.5 cm³/mol. The second-order valence-electron chi connectivity index (χ2n) is 4.85. The number of hydrogen-bond acceptors (Lipinski definition) is 4. The van der Waals surface area contributed by atoms with Crippen LogP contribution in [0.2, 0.25) is 0 Å². The van der Waals surface area contributed by atoms with Gasteiger partial charge in [-0.3, -0.25) is 4.90 Å². The highest BCUT2D eigenvalue weighted by atomic mass is 79.9. The zero-order valence-electron chi connectivity index (χ0n) is 10.9. The summed E-state index contributed by atoms with van der Waals surface area (Å²) in [6.07, 6.45) is 1.02. The van der Waals surface area contributed by atoms with Crippen molar-refractivity contribution in [2.45, 2.75) is 38.4 Å². The summed E-state index contributed by atoms with van der Waals surface area (Å²) in [5.41, 5.74) is 6.39. The van der Waals surface area contributed by atoms with Crippen LogP contribution in [-0.4, -0.2) is 35.0 Å². The van der Waals surface area contributed by atoms with Crippen molar-refractivity contribution in [2.24, 2.45) is 5.73 Å². The van der Waals surface area contributed by atoms with Gasteiger partial charge in [-0.25, -0.2) is 0 Å². The lowest BCUT2D eigenvalue weighted by Crippen LogP contribution is -2.48. The maximum atomic E-state index is 6.39. The number of nitrogens with two attached hydrogens (primary N) is 1. The van der Waals surface area contributed by atoms with Crippen molar-refractivity contribution in [2.75, 3.05) is 18.1 Å². The van der Waals surface area contributed by atoms with Crippen LogP contribution in [0.4, 0.5) is 0 Å². The largest absolute Gasteiger partial charge is 0.326 e. The molecule has 0 amide bonds. The first kappa shape index (κ1) is 14.9. The molecule has 2 nitrogen and oxygen atoms in total. The molecule has 0 saturated carbocycles. The lowest BCUT2D eigenvalue weighted by Gasteiger charge is -2.41. The van der Waals surface area contributed by atoms with Gasteiger partial charge in [-0.15, -0.1) is 11.3 Å². The minimum Gasteiger partial charge on any atom is -0.326 e. The van der Waals surface area contributed by atoms with Crippen molar-refractivity contribution < 1.29 is 0 Å². The average Bonchev–Trinajstić information content (AvgIpc) is 2.78. The van der Waals surface area contributed by atoms with Crippen molar-refractivity contribution in [1.82, 2.24) is 4.90 Å². The van der Waals surface area contributed by atoms with Crippen molar-refractivity contribution in [3.63, 3.8) is 0 Å². The van der Waals surface area contributed by atoms with Crippen LogP contribution in [0.5, 0.6) is 0 Å². The molecule has 1 fully saturated rings. The Morgan fingerprint density at radius 2 is 2.39 bits per heavy atom. The minimum atomic E-state index is 0.223. The second-order valence-corrected chi connectivity index (χ2v) is 7.85. The molecule has 0 aliphatic carbocycles. The van der Waals surface area contributed by atoms with E-state index in [1.165, 1.54) is 20.9 Å². The number of thiophene rings is 1. The summed E-state index contributed by atoms with van der Waals surface area (Å²) < 4.78 is 1.18. The number of hydrogen-bond donors (Lipinski definition) is 1. The van der Waals surface area contributed by atoms with Gasteiger partial charge in [0.2, 0.25) is 0 Å². The molecular formula is C13H21BrN2S2. The van der Waals surface area contributed by atoms with Gasteiger partial charge < -0.3 is 5.73 Å². The van der Waals surface area contributed by atoms with E-state index in [4.69, 9.17) is 5.73 Å². The van der Waals surface area contributed by atoms with Crippen LogP contribution >= 0.6 is 39.0 Å². The quantitative estimate of drug-likeness (QED) is 0.898. The molecule has 0 bridgehead atoms. The Labute approximate surface area is 126 Å². The van der Waals surface area contributed by atoms with E-state index in [0.29, 0.717) is 12.1 Å². The topological polar surface area (TPSA) is 29.3 Å². The second kappa shape index (κ2) is 6.75. The SMILES string of the molecule is CCC(N)C(c1cc(Br)cs1)N1CCSCC1C. The zero-order valence-corrected chi connectivity index (χ0v) is 14.2. The predicted octanol–water partition coefficient (Wildman–Crippen LogP) is 3.73. The van der Waals surface area contributed by atoms with Gasteiger partial charge in [-0.2, -0.15) is 11.8 Å². The highest BCUT2D eigenvalue weighted by Gasteiger charge is 2.31. The number of nitrogens with zero attached hydrogens (tertiary/aromatic N) is 1. The van der Waals surface area contributed by atoms with Crippen LogP contribution in [0, 0.1) is 0 Å². The minimum absolute atomic E-state index is 0.223. The van der Waals surface area contributed by atoms with E-state index in [-0.39, 0.29) is 6.04 Å². The summed E-state index contributed by atoms with van der Waals surface area (Å²) >= 11 is 7.43. The molecule has 3 atom stereocenters. The molecule has 1 aromatic heterocycles. The van der Waals surface area contributed by atoms with Crippen LogP contribution in [-0.2, 0) is 0 Å². The third kappa shape index (κ3) is 3.31. The van der Waals surface area contributed by atoms with Gasteiger partial charge in [0, 0.05) is 44.9 Å². The Morgan fingerprint density at radius 3 is 2.94 bits per heavy atom. The summed E-state index contributed by atoms with van der Waals surface area (Å²) in [5.74, 6) is 2.45. The van der Waals surface area contributed by atoms with Crippen molar-refractivity contribution in [3.8, 4) is 0 Å².